The topological polar surface area (TPSA) is 117 Å². The summed E-state index contributed by atoms with van der Waals surface area (Å²) < 4.78 is 7.05. The molecule has 0 atom stereocenters. The lowest BCUT2D eigenvalue weighted by atomic mass is 10.0. The standard InChI is InChI=1S/C15H17N5O4/c16-14(21)8-11-7-12(19-2-1-17-10-19)9-13(15(11)20(22)23)18-3-5-24-6-4-18/h1-2,7,9-10H,3-6,8H2,(H2,16,21). The van der Waals surface area contributed by atoms with Gasteiger partial charge in [0.25, 0.3) is 5.69 Å². The summed E-state index contributed by atoms with van der Waals surface area (Å²) in [5.41, 5.74) is 6.64. The first-order chi connectivity index (χ1) is 11.6. The first kappa shape index (κ1) is 15.9. The summed E-state index contributed by atoms with van der Waals surface area (Å²) in [6, 6.07) is 3.34. The van der Waals surface area contributed by atoms with Crippen molar-refractivity contribution in [3.05, 3.63) is 46.5 Å². The van der Waals surface area contributed by atoms with Crippen LogP contribution in [0.2, 0.25) is 0 Å². The van der Waals surface area contributed by atoms with Crippen molar-refractivity contribution in [3.63, 3.8) is 0 Å². The van der Waals surface area contributed by atoms with Crippen LogP contribution in [0.25, 0.3) is 5.69 Å². The van der Waals surface area contributed by atoms with E-state index in [2.05, 4.69) is 4.98 Å². The highest BCUT2D eigenvalue weighted by Gasteiger charge is 2.27. The number of hydrogen-bond donors (Lipinski definition) is 1. The highest BCUT2D eigenvalue weighted by Crippen LogP contribution is 2.35. The molecule has 0 saturated carbocycles. The van der Waals surface area contributed by atoms with Gasteiger partial charge in [0.1, 0.15) is 5.69 Å². The second-order valence-electron chi connectivity index (χ2n) is 5.44. The monoisotopic (exact) mass is 331 g/mol. The van der Waals surface area contributed by atoms with Crippen molar-refractivity contribution in [1.82, 2.24) is 9.55 Å². The summed E-state index contributed by atoms with van der Waals surface area (Å²) in [5.74, 6) is -0.617. The molecule has 1 aromatic carbocycles. The molecule has 1 amide bonds. The average Bonchev–Trinajstić information content (AvgIpc) is 3.08. The Hall–Kier alpha value is -2.94. The van der Waals surface area contributed by atoms with Crippen molar-refractivity contribution in [2.24, 2.45) is 5.73 Å². The van der Waals surface area contributed by atoms with Gasteiger partial charge in [-0.05, 0) is 12.1 Å². The Balaban J connectivity index is 2.16. The largest absolute Gasteiger partial charge is 0.378 e. The van der Waals surface area contributed by atoms with E-state index in [4.69, 9.17) is 10.5 Å². The summed E-state index contributed by atoms with van der Waals surface area (Å²) in [6.45, 7) is 2.09. The number of primary amides is 1. The van der Waals surface area contributed by atoms with Gasteiger partial charge >= 0.3 is 0 Å². The van der Waals surface area contributed by atoms with Crippen molar-refractivity contribution in [1.29, 1.82) is 0 Å². The number of imidazole rings is 1. The highest BCUT2D eigenvalue weighted by molar-refractivity contribution is 5.81. The van der Waals surface area contributed by atoms with Crippen LogP contribution in [0.3, 0.4) is 0 Å². The predicted molar refractivity (Wildman–Crippen MR) is 86.1 cm³/mol. The van der Waals surface area contributed by atoms with E-state index in [9.17, 15) is 14.9 Å². The molecular weight excluding hydrogens is 314 g/mol. The van der Waals surface area contributed by atoms with Crippen LogP contribution in [-0.4, -0.2) is 46.7 Å². The molecular formula is C15H17N5O4. The zero-order valence-corrected chi connectivity index (χ0v) is 12.9. The fourth-order valence-corrected chi connectivity index (χ4v) is 2.80. The van der Waals surface area contributed by atoms with Crippen molar-refractivity contribution in [2.75, 3.05) is 31.2 Å². The summed E-state index contributed by atoms with van der Waals surface area (Å²) in [7, 11) is 0. The molecule has 0 aliphatic carbocycles. The van der Waals surface area contributed by atoms with Gasteiger partial charge in [-0.3, -0.25) is 14.9 Å². The zero-order valence-electron chi connectivity index (χ0n) is 12.9. The molecule has 3 rings (SSSR count). The van der Waals surface area contributed by atoms with Gasteiger partial charge in [0.15, 0.2) is 0 Å². The van der Waals surface area contributed by atoms with Gasteiger partial charge in [0, 0.05) is 36.7 Å². The molecule has 2 N–H and O–H groups in total. The Kier molecular flexibility index (Phi) is 4.43. The smallest absolute Gasteiger partial charge is 0.296 e. The maximum absolute atomic E-state index is 11.6. The highest BCUT2D eigenvalue weighted by atomic mass is 16.6. The predicted octanol–water partition coefficient (Wildman–Crippen LogP) is 0.645. The molecule has 1 aromatic heterocycles. The molecule has 126 valence electrons. The number of nitro groups is 1. The van der Waals surface area contributed by atoms with Gasteiger partial charge in [0.2, 0.25) is 5.91 Å². The van der Waals surface area contributed by atoms with Crippen LogP contribution in [-0.2, 0) is 16.0 Å². The van der Waals surface area contributed by atoms with E-state index >= 15 is 0 Å². The quantitative estimate of drug-likeness (QED) is 0.635. The van der Waals surface area contributed by atoms with Gasteiger partial charge in [-0.2, -0.15) is 0 Å². The number of morpholine rings is 1. The molecule has 9 nitrogen and oxygen atoms in total. The minimum Gasteiger partial charge on any atom is -0.378 e. The van der Waals surface area contributed by atoms with E-state index in [-0.39, 0.29) is 12.1 Å². The lowest BCUT2D eigenvalue weighted by Crippen LogP contribution is -2.36. The van der Waals surface area contributed by atoms with E-state index in [1.165, 1.54) is 0 Å². The van der Waals surface area contributed by atoms with Gasteiger partial charge in [-0.25, -0.2) is 4.98 Å². The Morgan fingerprint density at radius 2 is 2.12 bits per heavy atom. The summed E-state index contributed by atoms with van der Waals surface area (Å²) >= 11 is 0. The van der Waals surface area contributed by atoms with Crippen LogP contribution in [0.15, 0.2) is 30.9 Å². The maximum Gasteiger partial charge on any atom is 0.296 e. The van der Waals surface area contributed by atoms with Gasteiger partial charge in [-0.15, -0.1) is 0 Å². The van der Waals surface area contributed by atoms with Crippen molar-refractivity contribution in [2.45, 2.75) is 6.42 Å². The van der Waals surface area contributed by atoms with Crippen molar-refractivity contribution >= 4 is 17.3 Å². The number of rotatable bonds is 5. The normalized spacial score (nSPS) is 14.6. The number of ether oxygens (including phenoxy) is 1. The van der Waals surface area contributed by atoms with E-state index < -0.39 is 10.8 Å². The number of carbonyl (C=O) groups excluding carboxylic acids is 1. The van der Waals surface area contributed by atoms with Crippen LogP contribution < -0.4 is 10.6 Å². The maximum atomic E-state index is 11.6. The number of nitro benzene ring substituents is 1. The molecule has 1 fully saturated rings. The fraction of sp³-hybridized carbons (Fsp3) is 0.333. The Morgan fingerprint density at radius 1 is 1.38 bits per heavy atom. The van der Waals surface area contributed by atoms with Crippen LogP contribution in [0.5, 0.6) is 0 Å². The lowest BCUT2D eigenvalue weighted by molar-refractivity contribution is -0.384. The summed E-state index contributed by atoms with van der Waals surface area (Å²) in [6.07, 6.45) is 4.75. The first-order valence-electron chi connectivity index (χ1n) is 7.47. The third-order valence-corrected chi connectivity index (χ3v) is 3.86. The lowest BCUT2D eigenvalue weighted by Gasteiger charge is -2.29. The SMILES string of the molecule is NC(=O)Cc1cc(-n2ccnc2)cc(N2CCOCC2)c1[N+](=O)[O-]. The number of amides is 1. The molecule has 0 spiro atoms. The van der Waals surface area contributed by atoms with Gasteiger partial charge in [0.05, 0.1) is 30.9 Å². The molecule has 2 aromatic rings. The molecule has 0 unspecified atom stereocenters. The molecule has 2 heterocycles. The van der Waals surface area contributed by atoms with E-state index in [1.54, 1.807) is 35.4 Å². The minimum absolute atomic E-state index is 0.0837. The molecule has 24 heavy (non-hydrogen) atoms. The average molecular weight is 331 g/mol. The molecule has 1 aliphatic heterocycles. The van der Waals surface area contributed by atoms with Gasteiger partial charge < -0.3 is 19.9 Å². The minimum atomic E-state index is -0.617. The number of benzene rings is 1. The number of carbonyl (C=O) groups is 1. The Morgan fingerprint density at radius 3 is 2.71 bits per heavy atom. The van der Waals surface area contributed by atoms with Gasteiger partial charge in [-0.1, -0.05) is 0 Å². The van der Waals surface area contributed by atoms with Crippen LogP contribution in [0.1, 0.15) is 5.56 Å². The third-order valence-electron chi connectivity index (χ3n) is 3.86. The van der Waals surface area contributed by atoms with Crippen LogP contribution >= 0.6 is 0 Å². The first-order valence-corrected chi connectivity index (χ1v) is 7.47. The number of nitrogens with zero attached hydrogens (tertiary/aromatic N) is 4. The fourth-order valence-electron chi connectivity index (χ4n) is 2.80. The molecule has 1 aliphatic rings. The molecule has 1 saturated heterocycles. The second-order valence-corrected chi connectivity index (χ2v) is 5.44. The Labute approximate surface area is 137 Å². The Bertz CT molecular complexity index is 753. The van der Waals surface area contributed by atoms with E-state index in [0.717, 1.165) is 0 Å². The molecule has 0 bridgehead atoms. The van der Waals surface area contributed by atoms with Crippen molar-refractivity contribution in [3.8, 4) is 5.69 Å². The van der Waals surface area contributed by atoms with Crippen molar-refractivity contribution < 1.29 is 14.5 Å². The van der Waals surface area contributed by atoms with Crippen LogP contribution in [0.4, 0.5) is 11.4 Å². The third kappa shape index (κ3) is 3.20. The van der Waals surface area contributed by atoms with E-state index in [1.807, 2.05) is 4.90 Å². The number of anilines is 1. The summed E-state index contributed by atoms with van der Waals surface area (Å²) in [5, 5.41) is 11.6. The zero-order chi connectivity index (χ0) is 17.1. The van der Waals surface area contributed by atoms with E-state index in [0.29, 0.717) is 43.2 Å². The van der Waals surface area contributed by atoms with Crippen LogP contribution in [0, 0.1) is 10.1 Å². The number of nitrogens with two attached hydrogens (primary N) is 1. The number of hydrogen-bond acceptors (Lipinski definition) is 6. The second kappa shape index (κ2) is 6.67. The molecule has 0 radical (unpaired) electrons. The summed E-state index contributed by atoms with van der Waals surface area (Å²) in [4.78, 5) is 28.4. The molecule has 9 heteroatoms. The number of aromatic nitrogens is 2.